The van der Waals surface area contributed by atoms with E-state index >= 15 is 0 Å². The van der Waals surface area contributed by atoms with E-state index in [9.17, 15) is 28.9 Å². The molecule has 0 aliphatic rings. The number of phosphoric ester groups is 2. The van der Waals surface area contributed by atoms with Crippen LogP contribution in [0.2, 0.25) is 0 Å². The van der Waals surface area contributed by atoms with Crippen LogP contribution in [0.25, 0.3) is 0 Å². The molecule has 0 spiro atoms. The average Bonchev–Trinajstić information content (AvgIpc) is 2.71. The molecule has 36 heavy (non-hydrogen) atoms. The van der Waals surface area contributed by atoms with E-state index in [4.69, 9.17) is 60.4 Å². The first-order valence-corrected chi connectivity index (χ1v) is 11.4. The third-order valence-electron chi connectivity index (χ3n) is 3.45. The third kappa shape index (κ3) is 19.8. The van der Waals surface area contributed by atoms with Crippen molar-refractivity contribution in [3.8, 4) is 0 Å². The van der Waals surface area contributed by atoms with E-state index in [0.29, 0.717) is 0 Å². The number of rotatable bonds is 14. The van der Waals surface area contributed by atoms with Crippen molar-refractivity contribution >= 4 is 27.6 Å². The van der Waals surface area contributed by atoms with Gasteiger partial charge in [0.15, 0.2) is 0 Å². The number of aliphatic hydroxyl groups excluding tert-OH is 8. The molecule has 204 valence electrons. The molecule has 0 aliphatic heterocycles. The summed E-state index contributed by atoms with van der Waals surface area (Å²) < 4.78 is 28.1. The van der Waals surface area contributed by atoms with Crippen LogP contribution in [0.3, 0.4) is 0 Å². The molecule has 12 N–H and O–H groups in total. The molecule has 0 fully saturated rings. The Morgan fingerprint density at radius 2 is 0.806 bits per heavy atom. The molecule has 0 aliphatic carbocycles. The van der Waals surface area contributed by atoms with Crippen molar-refractivity contribution in [1.29, 1.82) is 0 Å². The fraction of sp³-hybridized carbons (Fsp3) is 0.833. The Bertz CT molecular complexity index is 669. The quantitative estimate of drug-likeness (QED) is 0.0654. The molecule has 24 heteroatoms. The van der Waals surface area contributed by atoms with Crippen molar-refractivity contribution in [1.82, 2.24) is 0 Å². The molecule has 0 saturated heterocycles. The molecule has 20 nitrogen and oxygen atoms in total. The second-order valence-corrected chi connectivity index (χ2v) is 8.68. The van der Waals surface area contributed by atoms with Crippen molar-refractivity contribution in [2.24, 2.45) is 0 Å². The minimum atomic E-state index is -4.88. The maximum Gasteiger partial charge on any atom is 1.00 e. The predicted octanol–water partition coefficient (Wildman–Crippen LogP) is -15.4. The normalized spacial score (nSPS) is 18.3. The second kappa shape index (κ2) is 19.8. The summed E-state index contributed by atoms with van der Waals surface area (Å²) >= 11 is 0. The van der Waals surface area contributed by atoms with Gasteiger partial charge in [0.05, 0.1) is 25.2 Å². The van der Waals surface area contributed by atoms with Crippen molar-refractivity contribution in [3.63, 3.8) is 0 Å². The number of hydrogen-bond donors (Lipinski definition) is 12. The summed E-state index contributed by atoms with van der Waals surface area (Å²) in [4.78, 5) is 53.3. The number of carbonyl (C=O) groups is 2. The Labute approximate surface area is 245 Å². The van der Waals surface area contributed by atoms with E-state index < -0.39 is 89.6 Å². The topological polar surface area (TPSA) is 376 Å². The molecule has 0 radical (unpaired) electrons. The molecule has 0 aromatic heterocycles. The summed E-state index contributed by atoms with van der Waals surface area (Å²) in [6.45, 7) is -2.13. The molecular formula is C12H24Na2O20P2. The van der Waals surface area contributed by atoms with E-state index in [-0.39, 0.29) is 59.1 Å². The number of carboxylic acid groups (broad SMARTS) is 2. The van der Waals surface area contributed by atoms with Crippen LogP contribution in [-0.4, -0.2) is 134 Å². The molecule has 0 rings (SSSR count). The maximum absolute atomic E-state index is 10.2. The van der Waals surface area contributed by atoms with Crippen LogP contribution in [0.5, 0.6) is 0 Å². The van der Waals surface area contributed by atoms with Crippen molar-refractivity contribution in [3.05, 3.63) is 0 Å². The van der Waals surface area contributed by atoms with Gasteiger partial charge in [-0.2, -0.15) is 0 Å². The Morgan fingerprint density at radius 1 is 0.583 bits per heavy atom. The number of aliphatic hydroxyl groups is 8. The summed E-state index contributed by atoms with van der Waals surface area (Å²) in [5.74, 6) is -4.17. The monoisotopic (exact) mass is 596 g/mol. The van der Waals surface area contributed by atoms with Gasteiger partial charge in [-0.1, -0.05) is 0 Å². The van der Waals surface area contributed by atoms with Gasteiger partial charge in [0.2, 0.25) is 0 Å². The number of phosphoric acid groups is 2. The summed E-state index contributed by atoms with van der Waals surface area (Å²) in [6, 6.07) is 0. The van der Waals surface area contributed by atoms with Crippen LogP contribution in [0, 0.1) is 0 Å². The van der Waals surface area contributed by atoms with Crippen LogP contribution in [0.15, 0.2) is 0 Å². The Morgan fingerprint density at radius 3 is 0.972 bits per heavy atom. The summed E-state index contributed by atoms with van der Waals surface area (Å²) in [5.41, 5.74) is 0. The first-order chi connectivity index (χ1) is 15.1. The third-order valence-corrected chi connectivity index (χ3v) is 4.42. The van der Waals surface area contributed by atoms with Crippen LogP contribution < -0.4 is 69.3 Å². The van der Waals surface area contributed by atoms with Crippen LogP contribution in [0.1, 0.15) is 0 Å². The first kappa shape index (κ1) is 43.9. The van der Waals surface area contributed by atoms with Crippen molar-refractivity contribution in [2.45, 2.75) is 48.8 Å². The average molecular weight is 596 g/mol. The SMILES string of the molecule is O=C([O-])C(O)C(O)C(O)C(O)COP(=O)(O)O.O=C([O-])C(O)C(O)C(O)C(O)COP(=O)(O)O.[Na+].[Na+]. The number of carboxylic acids is 2. The predicted molar refractivity (Wildman–Crippen MR) is 94.1 cm³/mol. The summed E-state index contributed by atoms with van der Waals surface area (Å²) in [5, 5.41) is 92.2. The van der Waals surface area contributed by atoms with Gasteiger partial charge in [0.25, 0.3) is 0 Å². The van der Waals surface area contributed by atoms with Crippen LogP contribution in [-0.2, 0) is 27.8 Å². The maximum atomic E-state index is 10.2. The van der Waals surface area contributed by atoms with Gasteiger partial charge in [-0.25, -0.2) is 9.13 Å². The Kier molecular flexibility index (Phi) is 24.2. The van der Waals surface area contributed by atoms with Gasteiger partial charge >= 0.3 is 74.8 Å². The van der Waals surface area contributed by atoms with Gasteiger partial charge in [-0.05, 0) is 0 Å². The van der Waals surface area contributed by atoms with Crippen molar-refractivity contribution in [2.75, 3.05) is 13.2 Å². The Hall–Kier alpha value is 0.840. The minimum absolute atomic E-state index is 0. The zero-order chi connectivity index (χ0) is 27.6. The number of carbonyl (C=O) groups excluding carboxylic acids is 2. The molecule has 8 atom stereocenters. The second-order valence-electron chi connectivity index (χ2n) is 6.20. The standard InChI is InChI=1S/2C6H13O10P.2Na/c2*7-2(1-16-17(13,14)15)3(8)4(9)5(10)6(11)12;;/h2*2-5,7-10H,1H2,(H,11,12)(H2,13,14,15);;/q;;2*+1/p-2. The summed E-state index contributed by atoms with van der Waals surface area (Å²) in [7, 11) is -9.75. The van der Waals surface area contributed by atoms with Gasteiger partial charge in [-0.15, -0.1) is 0 Å². The fourth-order valence-corrected chi connectivity index (χ4v) is 2.35. The molecular weight excluding hydrogens is 572 g/mol. The largest absolute Gasteiger partial charge is 1.00 e. The fourth-order valence-electron chi connectivity index (χ4n) is 1.65. The van der Waals surface area contributed by atoms with Crippen LogP contribution >= 0.6 is 15.6 Å². The van der Waals surface area contributed by atoms with E-state index in [1.807, 2.05) is 0 Å². The Balaban J connectivity index is -0.000000269. The first-order valence-electron chi connectivity index (χ1n) is 8.38. The number of hydrogen-bond acceptors (Lipinski definition) is 16. The van der Waals surface area contributed by atoms with Gasteiger partial charge in [0.1, 0.15) is 48.8 Å². The molecule has 0 bridgehead atoms. The molecule has 0 heterocycles. The molecule has 0 saturated carbocycles. The zero-order valence-corrected chi connectivity index (χ0v) is 24.3. The van der Waals surface area contributed by atoms with E-state index in [1.165, 1.54) is 0 Å². The van der Waals surface area contributed by atoms with Gasteiger partial charge < -0.3 is 80.2 Å². The molecule has 8 unspecified atom stereocenters. The van der Waals surface area contributed by atoms with E-state index in [1.54, 1.807) is 0 Å². The molecule has 0 aromatic rings. The minimum Gasteiger partial charge on any atom is -0.547 e. The van der Waals surface area contributed by atoms with E-state index in [2.05, 4.69) is 9.05 Å². The summed E-state index contributed by atoms with van der Waals surface area (Å²) in [6.07, 6.45) is -17.9. The zero-order valence-electron chi connectivity index (χ0n) is 18.6. The van der Waals surface area contributed by atoms with E-state index in [0.717, 1.165) is 0 Å². The molecule has 0 amide bonds. The van der Waals surface area contributed by atoms with Crippen molar-refractivity contribution < 1.29 is 158 Å². The number of aliphatic carboxylic acids is 2. The smallest absolute Gasteiger partial charge is 0.547 e. The van der Waals surface area contributed by atoms with Gasteiger partial charge in [0, 0.05) is 0 Å². The van der Waals surface area contributed by atoms with Gasteiger partial charge in [-0.3, -0.25) is 9.05 Å². The molecule has 0 aromatic carbocycles. The van der Waals surface area contributed by atoms with Crippen LogP contribution in [0.4, 0.5) is 0 Å².